The lowest BCUT2D eigenvalue weighted by molar-refractivity contribution is 0.0995. The summed E-state index contributed by atoms with van der Waals surface area (Å²) in [6.07, 6.45) is -0.129. The Kier molecular flexibility index (Phi) is 3.32. The molecule has 0 spiro atoms. The molecular formula is C16H10F2OS. The first-order valence-electron chi connectivity index (χ1n) is 6.10. The summed E-state index contributed by atoms with van der Waals surface area (Å²) in [7, 11) is 0. The Balaban J connectivity index is 1.91. The van der Waals surface area contributed by atoms with Crippen molar-refractivity contribution >= 4 is 27.2 Å². The molecule has 4 heteroatoms. The van der Waals surface area contributed by atoms with Crippen molar-refractivity contribution < 1.29 is 13.6 Å². The predicted molar refractivity (Wildman–Crippen MR) is 76.2 cm³/mol. The van der Waals surface area contributed by atoms with Crippen LogP contribution >= 0.6 is 11.3 Å². The van der Waals surface area contributed by atoms with Crippen LogP contribution in [0.1, 0.15) is 15.2 Å². The lowest BCUT2D eigenvalue weighted by atomic mass is 10.1. The quantitative estimate of drug-likeness (QED) is 0.643. The lowest BCUT2D eigenvalue weighted by Crippen LogP contribution is -2.04. The van der Waals surface area contributed by atoms with Crippen LogP contribution in [0.15, 0.2) is 48.5 Å². The average molecular weight is 288 g/mol. The van der Waals surface area contributed by atoms with Gasteiger partial charge in [-0.05, 0) is 29.1 Å². The van der Waals surface area contributed by atoms with Crippen LogP contribution in [0, 0.1) is 11.6 Å². The van der Waals surface area contributed by atoms with E-state index in [1.165, 1.54) is 23.5 Å². The van der Waals surface area contributed by atoms with Crippen LogP contribution in [0.4, 0.5) is 8.78 Å². The minimum atomic E-state index is -0.943. The van der Waals surface area contributed by atoms with E-state index in [4.69, 9.17) is 0 Å². The molecule has 1 nitrogen and oxygen atoms in total. The Morgan fingerprint density at radius 3 is 2.65 bits per heavy atom. The highest BCUT2D eigenvalue weighted by Gasteiger charge is 2.15. The van der Waals surface area contributed by atoms with Crippen molar-refractivity contribution in [1.29, 1.82) is 0 Å². The molecule has 0 aliphatic heterocycles. The second-order valence-electron chi connectivity index (χ2n) is 4.46. The van der Waals surface area contributed by atoms with Crippen LogP contribution < -0.4 is 0 Å². The third-order valence-electron chi connectivity index (χ3n) is 3.08. The number of hydrogen-bond acceptors (Lipinski definition) is 2. The minimum absolute atomic E-state index is 0.0902. The molecule has 0 aliphatic rings. The Bertz CT molecular complexity index is 759. The van der Waals surface area contributed by atoms with Gasteiger partial charge in [0.25, 0.3) is 0 Å². The van der Waals surface area contributed by atoms with Crippen molar-refractivity contribution in [2.45, 2.75) is 6.42 Å². The number of carbonyl (C=O) groups is 1. The molecule has 100 valence electrons. The summed E-state index contributed by atoms with van der Waals surface area (Å²) < 4.78 is 27.7. The van der Waals surface area contributed by atoms with Crippen molar-refractivity contribution in [1.82, 2.24) is 0 Å². The van der Waals surface area contributed by atoms with E-state index in [1.807, 2.05) is 24.3 Å². The molecule has 2 aromatic carbocycles. The highest BCUT2D eigenvalue weighted by molar-refractivity contribution is 7.20. The predicted octanol–water partition coefficient (Wildman–Crippen LogP) is 4.60. The Labute approximate surface area is 118 Å². The van der Waals surface area contributed by atoms with E-state index in [1.54, 1.807) is 6.07 Å². The van der Waals surface area contributed by atoms with Crippen molar-refractivity contribution in [3.63, 3.8) is 0 Å². The highest BCUT2D eigenvalue weighted by atomic mass is 32.1. The molecule has 3 aromatic rings. The summed E-state index contributed by atoms with van der Waals surface area (Å²) in [6.45, 7) is 0. The lowest BCUT2D eigenvalue weighted by Gasteiger charge is -2.01. The van der Waals surface area contributed by atoms with Gasteiger partial charge in [-0.1, -0.05) is 30.3 Å². The van der Waals surface area contributed by atoms with Crippen LogP contribution in [-0.4, -0.2) is 5.78 Å². The zero-order valence-corrected chi connectivity index (χ0v) is 11.2. The molecule has 0 amide bonds. The van der Waals surface area contributed by atoms with Crippen LogP contribution in [-0.2, 0) is 6.42 Å². The van der Waals surface area contributed by atoms with Gasteiger partial charge in [0.1, 0.15) is 0 Å². The second-order valence-corrected chi connectivity index (χ2v) is 5.55. The summed E-state index contributed by atoms with van der Waals surface area (Å²) in [5, 5.41) is 0.987. The van der Waals surface area contributed by atoms with Crippen LogP contribution in [0.5, 0.6) is 0 Å². The van der Waals surface area contributed by atoms with Crippen molar-refractivity contribution in [3.05, 3.63) is 70.6 Å². The number of Topliss-reactive ketones (excluding diaryl/α,β-unsaturated/α-hetero) is 1. The number of carbonyl (C=O) groups excluding carboxylic acids is 1. The number of thiophene rings is 1. The molecule has 0 atom stereocenters. The summed E-state index contributed by atoms with van der Waals surface area (Å²) in [6, 6.07) is 13.3. The van der Waals surface area contributed by atoms with Crippen LogP contribution in [0.3, 0.4) is 0 Å². The SMILES string of the molecule is O=C(Cc1cccc(F)c1F)c1cc2ccccc2s1. The maximum atomic E-state index is 13.6. The van der Waals surface area contributed by atoms with E-state index < -0.39 is 11.6 Å². The average Bonchev–Trinajstić information content (AvgIpc) is 2.88. The topological polar surface area (TPSA) is 17.1 Å². The van der Waals surface area contributed by atoms with Crippen molar-refractivity contribution in [3.8, 4) is 0 Å². The minimum Gasteiger partial charge on any atom is -0.293 e. The highest BCUT2D eigenvalue weighted by Crippen LogP contribution is 2.26. The summed E-state index contributed by atoms with van der Waals surface area (Å²) in [5.41, 5.74) is 0.0902. The molecule has 0 bridgehead atoms. The molecule has 0 fully saturated rings. The number of rotatable bonds is 3. The molecule has 0 unspecified atom stereocenters. The molecule has 1 heterocycles. The van der Waals surface area contributed by atoms with E-state index in [2.05, 4.69) is 0 Å². The van der Waals surface area contributed by atoms with Gasteiger partial charge in [0, 0.05) is 11.1 Å². The van der Waals surface area contributed by atoms with Gasteiger partial charge in [-0.15, -0.1) is 11.3 Å². The second kappa shape index (κ2) is 5.13. The number of hydrogen-bond donors (Lipinski definition) is 0. The van der Waals surface area contributed by atoms with Gasteiger partial charge in [0.05, 0.1) is 4.88 Å². The molecule has 20 heavy (non-hydrogen) atoms. The van der Waals surface area contributed by atoms with E-state index in [9.17, 15) is 13.6 Å². The largest absolute Gasteiger partial charge is 0.293 e. The number of benzene rings is 2. The Hall–Kier alpha value is -2.07. The molecule has 3 rings (SSSR count). The maximum Gasteiger partial charge on any atom is 0.177 e. The van der Waals surface area contributed by atoms with Crippen molar-refractivity contribution in [2.75, 3.05) is 0 Å². The molecule has 0 saturated heterocycles. The maximum absolute atomic E-state index is 13.6. The van der Waals surface area contributed by atoms with E-state index in [0.717, 1.165) is 16.2 Å². The van der Waals surface area contributed by atoms with Gasteiger partial charge in [-0.3, -0.25) is 4.79 Å². The van der Waals surface area contributed by atoms with E-state index >= 15 is 0 Å². The van der Waals surface area contributed by atoms with Crippen molar-refractivity contribution in [2.24, 2.45) is 0 Å². The van der Waals surface area contributed by atoms with E-state index in [-0.39, 0.29) is 17.8 Å². The molecule has 1 aromatic heterocycles. The van der Waals surface area contributed by atoms with Gasteiger partial charge in [-0.25, -0.2) is 8.78 Å². The molecule has 0 radical (unpaired) electrons. The first-order valence-corrected chi connectivity index (χ1v) is 6.91. The van der Waals surface area contributed by atoms with Crippen LogP contribution in [0.25, 0.3) is 10.1 Å². The molecule has 0 aliphatic carbocycles. The van der Waals surface area contributed by atoms with Gasteiger partial charge in [0.2, 0.25) is 0 Å². The van der Waals surface area contributed by atoms with Gasteiger partial charge >= 0.3 is 0 Å². The molecular weight excluding hydrogens is 278 g/mol. The summed E-state index contributed by atoms with van der Waals surface area (Å²) in [4.78, 5) is 12.7. The zero-order chi connectivity index (χ0) is 14.1. The first kappa shape index (κ1) is 12.9. The molecule has 0 saturated carbocycles. The standard InChI is InChI=1S/C16H10F2OS/c17-12-6-3-5-11(16(12)18)8-13(19)15-9-10-4-1-2-7-14(10)20-15/h1-7,9H,8H2. The third-order valence-corrected chi connectivity index (χ3v) is 4.24. The number of ketones is 1. The fraction of sp³-hybridized carbons (Fsp3) is 0.0625. The smallest absolute Gasteiger partial charge is 0.177 e. The van der Waals surface area contributed by atoms with Gasteiger partial charge in [-0.2, -0.15) is 0 Å². The zero-order valence-electron chi connectivity index (χ0n) is 10.4. The summed E-state index contributed by atoms with van der Waals surface area (Å²) in [5.74, 6) is -2.07. The molecule has 0 N–H and O–H groups in total. The Morgan fingerprint density at radius 2 is 1.85 bits per heavy atom. The monoisotopic (exact) mass is 288 g/mol. The van der Waals surface area contributed by atoms with E-state index in [0.29, 0.717) is 4.88 Å². The number of fused-ring (bicyclic) bond motifs is 1. The first-order chi connectivity index (χ1) is 9.65. The Morgan fingerprint density at radius 1 is 1.05 bits per heavy atom. The third kappa shape index (κ3) is 2.34. The summed E-state index contributed by atoms with van der Waals surface area (Å²) >= 11 is 1.37. The van der Waals surface area contributed by atoms with Gasteiger partial charge in [0.15, 0.2) is 17.4 Å². The normalized spacial score (nSPS) is 10.9. The van der Waals surface area contributed by atoms with Gasteiger partial charge < -0.3 is 0 Å². The fourth-order valence-electron chi connectivity index (χ4n) is 2.06. The van der Waals surface area contributed by atoms with Crippen LogP contribution in [0.2, 0.25) is 0 Å². The fourth-order valence-corrected chi connectivity index (χ4v) is 3.06. The number of halogens is 2.